The van der Waals surface area contributed by atoms with Crippen molar-refractivity contribution in [3.05, 3.63) is 33.0 Å². The Morgan fingerprint density at radius 2 is 2.61 bits per heavy atom. The van der Waals surface area contributed by atoms with E-state index in [0.29, 0.717) is 4.77 Å². The highest BCUT2D eigenvalue weighted by Crippen LogP contribution is 2.26. The number of rotatable bonds is 3. The van der Waals surface area contributed by atoms with Crippen LogP contribution in [0.25, 0.3) is 0 Å². The normalized spacial score (nSPS) is 19.9. The Kier molecular flexibility index (Phi) is 3.35. The van der Waals surface area contributed by atoms with Gasteiger partial charge in [0.1, 0.15) is 6.10 Å². The Labute approximate surface area is 113 Å². The minimum absolute atomic E-state index is 0.00145. The van der Waals surface area contributed by atoms with Gasteiger partial charge in [0.05, 0.1) is 6.21 Å². The van der Waals surface area contributed by atoms with Crippen LogP contribution in [0, 0.1) is 4.77 Å². The molecule has 1 fully saturated rings. The first-order valence-electron chi connectivity index (χ1n) is 5.71. The predicted octanol–water partition coefficient (Wildman–Crippen LogP) is 2.74. The van der Waals surface area contributed by atoms with Gasteiger partial charge in [-0.2, -0.15) is 14.9 Å². The fourth-order valence-corrected chi connectivity index (χ4v) is 2.65. The van der Waals surface area contributed by atoms with E-state index in [2.05, 4.69) is 15.3 Å². The van der Waals surface area contributed by atoms with E-state index in [0.717, 1.165) is 30.2 Å². The molecule has 0 aliphatic carbocycles. The largest absolute Gasteiger partial charge is 0.370 e. The van der Waals surface area contributed by atoms with E-state index in [9.17, 15) is 0 Å². The molecule has 0 aromatic carbocycles. The van der Waals surface area contributed by atoms with Crippen LogP contribution in [0.4, 0.5) is 0 Å². The average molecular weight is 280 g/mol. The third-order valence-corrected chi connectivity index (χ3v) is 3.81. The van der Waals surface area contributed by atoms with Crippen molar-refractivity contribution in [2.24, 2.45) is 5.10 Å². The molecule has 2 aromatic rings. The van der Waals surface area contributed by atoms with E-state index in [-0.39, 0.29) is 6.10 Å². The second-order valence-corrected chi connectivity index (χ2v) is 5.33. The molecule has 2 aromatic heterocycles. The van der Waals surface area contributed by atoms with Crippen LogP contribution in [-0.2, 0) is 4.74 Å². The number of thiophene rings is 1. The van der Waals surface area contributed by atoms with Gasteiger partial charge in [-0.25, -0.2) is 0 Å². The summed E-state index contributed by atoms with van der Waals surface area (Å²) in [6.45, 7) is 0.777. The van der Waals surface area contributed by atoms with Crippen molar-refractivity contribution in [2.45, 2.75) is 18.9 Å². The molecule has 0 bridgehead atoms. The Morgan fingerprint density at radius 3 is 3.33 bits per heavy atom. The fraction of sp³-hybridized carbons (Fsp3) is 0.364. The van der Waals surface area contributed by atoms with Gasteiger partial charge in [0.15, 0.2) is 5.82 Å². The SMILES string of the molecule is S=c1[nH]nc(C2CCCO2)n1/N=C\c1cccs1. The molecule has 5 nitrogen and oxygen atoms in total. The molecule has 1 aliphatic heterocycles. The quantitative estimate of drug-likeness (QED) is 0.695. The highest BCUT2D eigenvalue weighted by Gasteiger charge is 2.23. The summed E-state index contributed by atoms with van der Waals surface area (Å²) in [5.41, 5.74) is 0. The van der Waals surface area contributed by atoms with Gasteiger partial charge in [-0.15, -0.1) is 11.3 Å². The first-order chi connectivity index (χ1) is 8.84. The van der Waals surface area contributed by atoms with Crippen molar-refractivity contribution in [1.29, 1.82) is 0 Å². The molecule has 1 N–H and O–H groups in total. The lowest BCUT2D eigenvalue weighted by Gasteiger charge is -2.06. The van der Waals surface area contributed by atoms with Crippen molar-refractivity contribution in [3.8, 4) is 0 Å². The van der Waals surface area contributed by atoms with E-state index in [1.54, 1.807) is 22.2 Å². The standard InChI is InChI=1S/C11H12N4OS2/c17-11-14-13-10(9-4-1-5-16-9)15(11)12-7-8-3-2-6-18-8/h2-3,6-7,9H,1,4-5H2,(H,14,17)/b12-7-. The molecule has 1 saturated heterocycles. The molecule has 18 heavy (non-hydrogen) atoms. The lowest BCUT2D eigenvalue weighted by molar-refractivity contribution is 0.102. The van der Waals surface area contributed by atoms with Crippen molar-refractivity contribution in [3.63, 3.8) is 0 Å². The van der Waals surface area contributed by atoms with E-state index in [1.165, 1.54) is 0 Å². The minimum Gasteiger partial charge on any atom is -0.370 e. The molecule has 3 heterocycles. The summed E-state index contributed by atoms with van der Waals surface area (Å²) in [5.74, 6) is 0.755. The second kappa shape index (κ2) is 5.13. The smallest absolute Gasteiger partial charge is 0.216 e. The summed E-state index contributed by atoms with van der Waals surface area (Å²) in [6.07, 6.45) is 3.81. The van der Waals surface area contributed by atoms with Crippen molar-refractivity contribution < 1.29 is 4.74 Å². The van der Waals surface area contributed by atoms with Crippen LogP contribution in [-0.4, -0.2) is 27.7 Å². The number of aromatic amines is 1. The maximum absolute atomic E-state index is 5.61. The topological polar surface area (TPSA) is 55.2 Å². The first-order valence-corrected chi connectivity index (χ1v) is 7.00. The molecule has 94 valence electrons. The number of hydrogen-bond acceptors (Lipinski definition) is 5. The Hall–Kier alpha value is -1.31. The van der Waals surface area contributed by atoms with Gasteiger partial charge < -0.3 is 4.74 Å². The molecule has 3 rings (SSSR count). The third-order valence-electron chi connectivity index (χ3n) is 2.74. The van der Waals surface area contributed by atoms with E-state index in [4.69, 9.17) is 17.0 Å². The third kappa shape index (κ3) is 2.29. The zero-order valence-corrected chi connectivity index (χ0v) is 11.2. The Bertz CT molecular complexity index is 593. The van der Waals surface area contributed by atoms with Crippen LogP contribution in [0.5, 0.6) is 0 Å². The van der Waals surface area contributed by atoms with Crippen LogP contribution in [0.3, 0.4) is 0 Å². The van der Waals surface area contributed by atoms with Gasteiger partial charge in [0, 0.05) is 11.5 Å². The molecule has 1 aliphatic rings. The number of aromatic nitrogens is 3. The van der Waals surface area contributed by atoms with Crippen LogP contribution < -0.4 is 0 Å². The summed E-state index contributed by atoms with van der Waals surface area (Å²) in [6, 6.07) is 3.99. The van der Waals surface area contributed by atoms with E-state index < -0.39 is 0 Å². The van der Waals surface area contributed by atoms with Gasteiger partial charge in [-0.05, 0) is 36.5 Å². The van der Waals surface area contributed by atoms with Crippen LogP contribution in [0.15, 0.2) is 22.6 Å². The minimum atomic E-state index is -0.00145. The molecule has 0 saturated carbocycles. The van der Waals surface area contributed by atoms with Crippen LogP contribution >= 0.6 is 23.6 Å². The van der Waals surface area contributed by atoms with Crippen LogP contribution in [0.1, 0.15) is 29.6 Å². The van der Waals surface area contributed by atoms with Crippen molar-refractivity contribution >= 4 is 29.8 Å². The van der Waals surface area contributed by atoms with Crippen molar-refractivity contribution in [2.75, 3.05) is 6.61 Å². The molecule has 1 atom stereocenters. The lowest BCUT2D eigenvalue weighted by Crippen LogP contribution is -2.05. The summed E-state index contributed by atoms with van der Waals surface area (Å²) in [5, 5.41) is 13.4. The number of nitrogens with one attached hydrogen (secondary N) is 1. The lowest BCUT2D eigenvalue weighted by atomic mass is 10.2. The maximum atomic E-state index is 5.61. The van der Waals surface area contributed by atoms with Gasteiger partial charge in [-0.3, -0.25) is 5.10 Å². The second-order valence-electron chi connectivity index (χ2n) is 3.96. The molecule has 1 unspecified atom stereocenters. The number of hydrogen-bond donors (Lipinski definition) is 1. The van der Waals surface area contributed by atoms with E-state index >= 15 is 0 Å². The van der Waals surface area contributed by atoms with Crippen molar-refractivity contribution in [1.82, 2.24) is 14.9 Å². The van der Waals surface area contributed by atoms with Crippen LogP contribution in [0.2, 0.25) is 0 Å². The highest BCUT2D eigenvalue weighted by molar-refractivity contribution is 7.71. The molecular weight excluding hydrogens is 268 g/mol. The number of H-pyrrole nitrogens is 1. The van der Waals surface area contributed by atoms with E-state index in [1.807, 2.05) is 17.5 Å². The van der Waals surface area contributed by atoms with Gasteiger partial charge in [-0.1, -0.05) is 6.07 Å². The average Bonchev–Trinajstić information content (AvgIpc) is 3.08. The Balaban J connectivity index is 1.91. The number of nitrogens with zero attached hydrogens (tertiary/aromatic N) is 3. The van der Waals surface area contributed by atoms with Gasteiger partial charge in [0.25, 0.3) is 0 Å². The zero-order valence-electron chi connectivity index (χ0n) is 9.57. The highest BCUT2D eigenvalue weighted by atomic mass is 32.1. The molecule has 0 radical (unpaired) electrons. The summed E-state index contributed by atoms with van der Waals surface area (Å²) in [4.78, 5) is 1.08. The summed E-state index contributed by atoms with van der Waals surface area (Å²) < 4.78 is 7.75. The van der Waals surface area contributed by atoms with Gasteiger partial charge in [0.2, 0.25) is 4.77 Å². The number of ether oxygens (including phenoxy) is 1. The Morgan fingerprint density at radius 1 is 1.67 bits per heavy atom. The van der Waals surface area contributed by atoms with Gasteiger partial charge >= 0.3 is 0 Å². The fourth-order valence-electron chi connectivity index (χ4n) is 1.88. The predicted molar refractivity (Wildman–Crippen MR) is 72.6 cm³/mol. The molecular formula is C11H12N4OS2. The maximum Gasteiger partial charge on any atom is 0.216 e. The summed E-state index contributed by atoms with van der Waals surface area (Å²) >= 11 is 6.81. The zero-order chi connectivity index (χ0) is 12.4. The molecule has 0 spiro atoms. The first kappa shape index (κ1) is 11.8. The monoisotopic (exact) mass is 280 g/mol. The molecule has 0 amide bonds. The summed E-state index contributed by atoms with van der Waals surface area (Å²) in [7, 11) is 0. The molecule has 7 heteroatoms.